The van der Waals surface area contributed by atoms with Crippen LogP contribution in [0.2, 0.25) is 5.02 Å². The van der Waals surface area contributed by atoms with Gasteiger partial charge < -0.3 is 14.4 Å². The highest BCUT2D eigenvalue weighted by Gasteiger charge is 2.26. The van der Waals surface area contributed by atoms with Gasteiger partial charge in [0.25, 0.3) is 5.91 Å². The molecule has 0 bridgehead atoms. The Balaban J connectivity index is 1.09. The fourth-order valence-corrected chi connectivity index (χ4v) is 5.12. The Hall–Kier alpha value is -3.87. The van der Waals surface area contributed by atoms with Crippen LogP contribution in [0.5, 0.6) is 11.5 Å². The summed E-state index contributed by atoms with van der Waals surface area (Å²) in [6, 6.07) is 31.1. The number of hydrogen-bond donors (Lipinski definition) is 1. The van der Waals surface area contributed by atoms with Crippen molar-refractivity contribution >= 4 is 40.5 Å². The summed E-state index contributed by atoms with van der Waals surface area (Å²) in [4.78, 5) is 14.9. The Labute approximate surface area is 245 Å². The monoisotopic (exact) mass is 570 g/mol. The zero-order valence-corrected chi connectivity index (χ0v) is 23.7. The van der Waals surface area contributed by atoms with Gasteiger partial charge in [0, 0.05) is 22.7 Å². The molecule has 0 saturated carbocycles. The first kappa shape index (κ1) is 27.7. The molecule has 0 aromatic heterocycles. The normalized spacial score (nSPS) is 12.1. The number of unbranched alkanes of at least 4 members (excludes halogenated alkanes) is 2. The van der Waals surface area contributed by atoms with Crippen LogP contribution < -0.4 is 19.7 Å². The average molecular weight is 571 g/mol. The van der Waals surface area contributed by atoms with E-state index in [0.717, 1.165) is 59.6 Å². The topological polar surface area (TPSA) is 50.8 Å². The van der Waals surface area contributed by atoms with E-state index in [0.29, 0.717) is 35.5 Å². The Morgan fingerprint density at radius 3 is 2.25 bits per heavy atom. The predicted molar refractivity (Wildman–Crippen MR) is 166 cm³/mol. The highest BCUT2D eigenvalue weighted by molar-refractivity contribution is 7.80. The summed E-state index contributed by atoms with van der Waals surface area (Å²) in [6.45, 7) is 2.00. The van der Waals surface area contributed by atoms with Gasteiger partial charge in [-0.25, -0.2) is 0 Å². The van der Waals surface area contributed by atoms with E-state index in [1.165, 1.54) is 0 Å². The quantitative estimate of drug-likeness (QED) is 0.156. The summed E-state index contributed by atoms with van der Waals surface area (Å²) in [5.74, 6) is 1.49. The first-order valence-electron chi connectivity index (χ1n) is 13.5. The number of carbonyl (C=O) groups excluding carboxylic acids is 1. The number of fused-ring (bicyclic) bond motifs is 1. The van der Waals surface area contributed by atoms with Gasteiger partial charge in [-0.1, -0.05) is 60.1 Å². The van der Waals surface area contributed by atoms with Crippen molar-refractivity contribution < 1.29 is 14.3 Å². The van der Waals surface area contributed by atoms with Crippen LogP contribution in [0.15, 0.2) is 97.1 Å². The summed E-state index contributed by atoms with van der Waals surface area (Å²) in [7, 11) is 0. The number of thiocarbonyl (C=S) groups is 1. The molecule has 0 saturated heterocycles. The van der Waals surface area contributed by atoms with Gasteiger partial charge in [0.15, 0.2) is 5.11 Å². The van der Waals surface area contributed by atoms with E-state index >= 15 is 0 Å². The molecule has 0 aliphatic carbocycles. The maximum absolute atomic E-state index is 12.9. The summed E-state index contributed by atoms with van der Waals surface area (Å²) in [5, 5.41) is 4.01. The minimum atomic E-state index is -0.217. The molecule has 0 unspecified atom stereocenters. The van der Waals surface area contributed by atoms with Gasteiger partial charge in [-0.2, -0.15) is 0 Å². The third-order valence-electron chi connectivity index (χ3n) is 6.83. The van der Waals surface area contributed by atoms with Crippen molar-refractivity contribution in [1.29, 1.82) is 0 Å². The third-order valence-corrected chi connectivity index (χ3v) is 7.41. The van der Waals surface area contributed by atoms with Crippen molar-refractivity contribution in [1.82, 2.24) is 5.32 Å². The average Bonchev–Trinajstić information content (AvgIpc) is 3.43. The molecule has 1 N–H and O–H groups in total. The molecule has 1 heterocycles. The van der Waals surface area contributed by atoms with Crippen molar-refractivity contribution in [3.63, 3.8) is 0 Å². The fraction of sp³-hybridized carbons (Fsp3) is 0.212. The second-order valence-corrected chi connectivity index (χ2v) is 10.4. The van der Waals surface area contributed by atoms with Crippen molar-refractivity contribution in [3.8, 4) is 22.6 Å². The van der Waals surface area contributed by atoms with Crippen LogP contribution in [-0.2, 0) is 6.42 Å². The molecule has 0 fully saturated rings. The van der Waals surface area contributed by atoms with Crippen LogP contribution in [0.3, 0.4) is 0 Å². The molecule has 0 spiro atoms. The zero-order chi connectivity index (χ0) is 27.7. The Bertz CT molecular complexity index is 1440. The highest BCUT2D eigenvalue weighted by Crippen LogP contribution is 2.35. The van der Waals surface area contributed by atoms with Crippen molar-refractivity contribution in [2.75, 3.05) is 24.7 Å². The number of nitrogens with one attached hydrogen (secondary N) is 1. The number of anilines is 1. The molecule has 1 amide bonds. The summed E-state index contributed by atoms with van der Waals surface area (Å²) < 4.78 is 11.9. The van der Waals surface area contributed by atoms with Crippen LogP contribution in [0.4, 0.5) is 5.69 Å². The third kappa shape index (κ3) is 7.00. The lowest BCUT2D eigenvalue weighted by Crippen LogP contribution is -2.41. The van der Waals surface area contributed by atoms with Crippen molar-refractivity contribution in [2.45, 2.75) is 25.7 Å². The van der Waals surface area contributed by atoms with Gasteiger partial charge in [0.05, 0.1) is 18.9 Å². The summed E-state index contributed by atoms with van der Waals surface area (Å²) in [5.41, 5.74) is 4.85. The Morgan fingerprint density at radius 2 is 1.50 bits per heavy atom. The van der Waals surface area contributed by atoms with E-state index in [2.05, 4.69) is 5.32 Å². The lowest BCUT2D eigenvalue weighted by molar-refractivity contribution is 0.0977. The van der Waals surface area contributed by atoms with E-state index in [1.807, 2.05) is 102 Å². The van der Waals surface area contributed by atoms with Crippen LogP contribution in [-0.4, -0.2) is 30.8 Å². The second-order valence-electron chi connectivity index (χ2n) is 9.57. The Kier molecular flexibility index (Phi) is 9.32. The molecule has 7 heteroatoms. The van der Waals surface area contributed by atoms with Crippen LogP contribution in [0.1, 0.15) is 35.2 Å². The lowest BCUT2D eigenvalue weighted by atomic mass is 10.0. The SMILES string of the molecule is O=C(NC(=S)N1CCc2c(OCCCCCOc3ccc(Cl)cc3)cccc21)c1ccc(-c2ccccc2)cc1. The molecular weight excluding hydrogens is 540 g/mol. The number of amides is 1. The van der Waals surface area contributed by atoms with E-state index < -0.39 is 0 Å². The van der Waals surface area contributed by atoms with E-state index in [-0.39, 0.29) is 5.91 Å². The number of ether oxygens (including phenoxy) is 2. The summed E-state index contributed by atoms with van der Waals surface area (Å²) in [6.07, 6.45) is 3.71. The molecule has 5 rings (SSSR count). The highest BCUT2D eigenvalue weighted by atomic mass is 35.5. The fourth-order valence-electron chi connectivity index (χ4n) is 4.71. The van der Waals surface area contributed by atoms with Crippen LogP contribution in [0.25, 0.3) is 11.1 Å². The lowest BCUT2D eigenvalue weighted by Gasteiger charge is -2.21. The predicted octanol–water partition coefficient (Wildman–Crippen LogP) is 7.71. The molecule has 1 aliphatic heterocycles. The number of benzene rings is 4. The molecule has 5 nitrogen and oxygen atoms in total. The Morgan fingerprint density at radius 1 is 0.800 bits per heavy atom. The number of carbonyl (C=O) groups is 1. The number of rotatable bonds is 10. The van der Waals surface area contributed by atoms with Crippen molar-refractivity contribution in [2.24, 2.45) is 0 Å². The van der Waals surface area contributed by atoms with Crippen molar-refractivity contribution in [3.05, 3.63) is 113 Å². The molecular formula is C33H31ClN2O3S. The first-order valence-corrected chi connectivity index (χ1v) is 14.3. The van der Waals surface area contributed by atoms with Gasteiger partial charge in [-0.05, 0) is 97.6 Å². The molecule has 4 aromatic rings. The van der Waals surface area contributed by atoms with Gasteiger partial charge in [-0.3, -0.25) is 10.1 Å². The summed E-state index contributed by atoms with van der Waals surface area (Å²) >= 11 is 11.5. The van der Waals surface area contributed by atoms with Gasteiger partial charge in [0.1, 0.15) is 11.5 Å². The minimum absolute atomic E-state index is 0.217. The molecule has 4 aromatic carbocycles. The maximum atomic E-state index is 12.9. The second kappa shape index (κ2) is 13.5. The van der Waals surface area contributed by atoms with Gasteiger partial charge >= 0.3 is 0 Å². The largest absolute Gasteiger partial charge is 0.494 e. The standard InChI is InChI=1S/C33H31ClN2O3S/c34-27-16-18-28(19-17-27)38-22-5-2-6-23-39-31-11-7-10-30-29(31)20-21-36(30)33(40)35-32(37)26-14-12-25(13-15-26)24-8-3-1-4-9-24/h1,3-4,7-19H,2,5-6,20-23H2,(H,35,37,40). The molecule has 0 radical (unpaired) electrons. The maximum Gasteiger partial charge on any atom is 0.257 e. The van der Waals surface area contributed by atoms with Crippen LogP contribution >= 0.6 is 23.8 Å². The number of nitrogens with zero attached hydrogens (tertiary/aromatic N) is 1. The van der Waals surface area contributed by atoms with E-state index in [9.17, 15) is 4.79 Å². The minimum Gasteiger partial charge on any atom is -0.494 e. The van der Waals surface area contributed by atoms with Crippen LogP contribution in [0, 0.1) is 0 Å². The van der Waals surface area contributed by atoms with Gasteiger partial charge in [0.2, 0.25) is 0 Å². The number of halogens is 1. The number of hydrogen-bond acceptors (Lipinski definition) is 4. The van der Waals surface area contributed by atoms with E-state index in [4.69, 9.17) is 33.3 Å². The molecule has 40 heavy (non-hydrogen) atoms. The molecule has 1 aliphatic rings. The molecule has 204 valence electrons. The zero-order valence-electron chi connectivity index (χ0n) is 22.1. The first-order chi connectivity index (χ1) is 19.6. The van der Waals surface area contributed by atoms with E-state index in [1.54, 1.807) is 0 Å². The smallest absolute Gasteiger partial charge is 0.257 e. The molecule has 0 atom stereocenters. The van der Waals surface area contributed by atoms with Gasteiger partial charge in [-0.15, -0.1) is 0 Å².